The number of hydrogen-bond donors (Lipinski definition) is 1. The molecule has 0 aliphatic rings. The van der Waals surface area contributed by atoms with Gasteiger partial charge in [-0.3, -0.25) is 0 Å². The second kappa shape index (κ2) is 5.67. The van der Waals surface area contributed by atoms with Crippen molar-refractivity contribution in [2.24, 2.45) is 5.92 Å². The van der Waals surface area contributed by atoms with Crippen LogP contribution in [0.4, 0.5) is 5.69 Å². The number of rotatable bonds is 5. The minimum atomic E-state index is 0.476. The number of nitrogens with one attached hydrogen (secondary N) is 1. The summed E-state index contributed by atoms with van der Waals surface area (Å²) in [4.78, 5) is 1.61. The van der Waals surface area contributed by atoms with Crippen LogP contribution < -0.4 is 5.32 Å². The van der Waals surface area contributed by atoms with Gasteiger partial charge in [-0.15, -0.1) is 0 Å². The van der Waals surface area contributed by atoms with Crippen LogP contribution in [-0.4, -0.2) is 21.0 Å². The van der Waals surface area contributed by atoms with Crippen LogP contribution in [0.5, 0.6) is 0 Å². The quantitative estimate of drug-likeness (QED) is 0.878. The molecule has 1 heterocycles. The Balaban J connectivity index is 2.04. The lowest BCUT2D eigenvalue weighted by Gasteiger charge is -2.21. The molecule has 18 heavy (non-hydrogen) atoms. The van der Waals surface area contributed by atoms with E-state index in [0.29, 0.717) is 12.0 Å². The van der Waals surface area contributed by atoms with Crippen molar-refractivity contribution in [2.45, 2.75) is 33.2 Å². The molecule has 2 atom stereocenters. The van der Waals surface area contributed by atoms with E-state index in [4.69, 9.17) is 0 Å². The Morgan fingerprint density at radius 2 is 1.72 bits per heavy atom. The SMILES string of the molecule is CCC(C)C(C)Nc1ccc(-n2nccn2)cc1. The molecule has 4 heteroatoms. The first kappa shape index (κ1) is 12.6. The standard InChI is InChI=1S/C14H20N4/c1-4-11(2)12(3)17-13-5-7-14(8-6-13)18-15-9-10-16-18/h5-12,17H,4H2,1-3H3. The minimum absolute atomic E-state index is 0.476. The predicted molar refractivity (Wildman–Crippen MR) is 73.9 cm³/mol. The van der Waals surface area contributed by atoms with E-state index in [2.05, 4.69) is 48.4 Å². The van der Waals surface area contributed by atoms with Crippen molar-refractivity contribution < 1.29 is 0 Å². The third-order valence-corrected chi connectivity index (χ3v) is 3.41. The summed E-state index contributed by atoms with van der Waals surface area (Å²) in [6, 6.07) is 8.65. The molecule has 0 aliphatic heterocycles. The molecule has 0 radical (unpaired) electrons. The Bertz CT molecular complexity index is 461. The van der Waals surface area contributed by atoms with Crippen LogP contribution >= 0.6 is 0 Å². The Kier molecular flexibility index (Phi) is 3.97. The summed E-state index contributed by atoms with van der Waals surface area (Å²) < 4.78 is 0. The third kappa shape index (κ3) is 2.88. The molecule has 0 bridgehead atoms. The fourth-order valence-electron chi connectivity index (χ4n) is 1.80. The summed E-state index contributed by atoms with van der Waals surface area (Å²) in [5.41, 5.74) is 2.11. The maximum absolute atomic E-state index is 4.10. The molecule has 4 nitrogen and oxygen atoms in total. The highest BCUT2D eigenvalue weighted by Crippen LogP contribution is 2.16. The van der Waals surface area contributed by atoms with E-state index in [1.807, 2.05) is 12.1 Å². The average molecular weight is 244 g/mol. The van der Waals surface area contributed by atoms with Crippen molar-refractivity contribution in [3.05, 3.63) is 36.7 Å². The summed E-state index contributed by atoms with van der Waals surface area (Å²) in [5, 5.41) is 11.7. The van der Waals surface area contributed by atoms with Crippen LogP contribution in [0.25, 0.3) is 5.69 Å². The van der Waals surface area contributed by atoms with Gasteiger partial charge in [0.25, 0.3) is 0 Å². The summed E-state index contributed by atoms with van der Waals surface area (Å²) in [6.07, 6.45) is 4.54. The molecule has 96 valence electrons. The number of benzene rings is 1. The molecule has 0 fully saturated rings. The van der Waals surface area contributed by atoms with Crippen molar-refractivity contribution >= 4 is 5.69 Å². The summed E-state index contributed by atoms with van der Waals surface area (Å²) in [7, 11) is 0. The normalized spacial score (nSPS) is 14.2. The van der Waals surface area contributed by atoms with Gasteiger partial charge >= 0.3 is 0 Å². The van der Waals surface area contributed by atoms with Crippen molar-refractivity contribution in [1.29, 1.82) is 0 Å². The first-order chi connectivity index (χ1) is 8.70. The monoisotopic (exact) mass is 244 g/mol. The van der Waals surface area contributed by atoms with Gasteiger partial charge in [0.05, 0.1) is 18.1 Å². The molecular formula is C14H20N4. The molecule has 2 unspecified atom stereocenters. The molecule has 0 amide bonds. The van der Waals surface area contributed by atoms with E-state index >= 15 is 0 Å². The van der Waals surface area contributed by atoms with Gasteiger partial charge in [0.15, 0.2) is 0 Å². The highest BCUT2D eigenvalue weighted by Gasteiger charge is 2.09. The third-order valence-electron chi connectivity index (χ3n) is 3.41. The van der Waals surface area contributed by atoms with Crippen molar-refractivity contribution in [2.75, 3.05) is 5.32 Å². The van der Waals surface area contributed by atoms with E-state index in [-0.39, 0.29) is 0 Å². The lowest BCUT2D eigenvalue weighted by atomic mass is 10.0. The summed E-state index contributed by atoms with van der Waals surface area (Å²) in [6.45, 7) is 6.70. The first-order valence-electron chi connectivity index (χ1n) is 6.44. The number of nitrogens with zero attached hydrogens (tertiary/aromatic N) is 3. The smallest absolute Gasteiger partial charge is 0.0858 e. The van der Waals surface area contributed by atoms with Gasteiger partial charge in [0.2, 0.25) is 0 Å². The Hall–Kier alpha value is -1.84. The second-order valence-electron chi connectivity index (χ2n) is 4.68. The molecule has 0 saturated heterocycles. The van der Waals surface area contributed by atoms with Gasteiger partial charge in [-0.1, -0.05) is 20.3 Å². The van der Waals surface area contributed by atoms with Crippen LogP contribution in [0.2, 0.25) is 0 Å². The van der Waals surface area contributed by atoms with Gasteiger partial charge < -0.3 is 5.32 Å². The second-order valence-corrected chi connectivity index (χ2v) is 4.68. The van der Waals surface area contributed by atoms with Gasteiger partial charge in [-0.25, -0.2) is 0 Å². The first-order valence-corrected chi connectivity index (χ1v) is 6.44. The van der Waals surface area contributed by atoms with Gasteiger partial charge in [0, 0.05) is 11.7 Å². The number of hydrogen-bond acceptors (Lipinski definition) is 3. The van der Waals surface area contributed by atoms with E-state index in [1.165, 1.54) is 6.42 Å². The van der Waals surface area contributed by atoms with Gasteiger partial charge in [-0.2, -0.15) is 15.0 Å². The zero-order valence-electron chi connectivity index (χ0n) is 11.2. The molecule has 2 rings (SSSR count). The maximum atomic E-state index is 4.10. The zero-order valence-corrected chi connectivity index (χ0v) is 11.2. The van der Waals surface area contributed by atoms with Crippen molar-refractivity contribution in [1.82, 2.24) is 15.0 Å². The number of aromatic nitrogens is 3. The molecule has 2 aromatic rings. The molecular weight excluding hydrogens is 224 g/mol. The van der Waals surface area contributed by atoms with Gasteiger partial charge in [-0.05, 0) is 37.1 Å². The molecule has 1 N–H and O–H groups in total. The predicted octanol–water partition coefficient (Wildman–Crippen LogP) is 3.11. The van der Waals surface area contributed by atoms with Gasteiger partial charge in [0.1, 0.15) is 0 Å². The molecule has 0 aliphatic carbocycles. The van der Waals surface area contributed by atoms with E-state index < -0.39 is 0 Å². The van der Waals surface area contributed by atoms with E-state index in [1.54, 1.807) is 17.2 Å². The van der Waals surface area contributed by atoms with E-state index in [0.717, 1.165) is 11.4 Å². The van der Waals surface area contributed by atoms with Crippen LogP contribution in [0.3, 0.4) is 0 Å². The molecule has 1 aromatic carbocycles. The maximum Gasteiger partial charge on any atom is 0.0858 e. The zero-order chi connectivity index (χ0) is 13.0. The average Bonchev–Trinajstić information content (AvgIpc) is 2.92. The molecule has 1 aromatic heterocycles. The van der Waals surface area contributed by atoms with Crippen molar-refractivity contribution in [3.8, 4) is 5.69 Å². The largest absolute Gasteiger partial charge is 0.382 e. The van der Waals surface area contributed by atoms with Crippen LogP contribution in [0, 0.1) is 5.92 Å². The number of anilines is 1. The Labute approximate surface area is 108 Å². The van der Waals surface area contributed by atoms with Crippen LogP contribution in [0.15, 0.2) is 36.7 Å². The van der Waals surface area contributed by atoms with E-state index in [9.17, 15) is 0 Å². The van der Waals surface area contributed by atoms with Crippen LogP contribution in [0.1, 0.15) is 27.2 Å². The van der Waals surface area contributed by atoms with Crippen molar-refractivity contribution in [3.63, 3.8) is 0 Å². The lowest BCUT2D eigenvalue weighted by Crippen LogP contribution is -2.23. The molecule has 0 saturated carbocycles. The lowest BCUT2D eigenvalue weighted by molar-refractivity contribution is 0.494. The Morgan fingerprint density at radius 3 is 2.28 bits per heavy atom. The van der Waals surface area contributed by atoms with Crippen LogP contribution in [-0.2, 0) is 0 Å². The Morgan fingerprint density at radius 1 is 1.11 bits per heavy atom. The molecule has 0 spiro atoms. The fraction of sp³-hybridized carbons (Fsp3) is 0.429. The highest BCUT2D eigenvalue weighted by molar-refractivity contribution is 5.48. The topological polar surface area (TPSA) is 42.7 Å². The summed E-state index contributed by atoms with van der Waals surface area (Å²) >= 11 is 0. The minimum Gasteiger partial charge on any atom is -0.382 e. The summed E-state index contributed by atoms with van der Waals surface area (Å²) in [5.74, 6) is 0.664. The highest BCUT2D eigenvalue weighted by atomic mass is 15.5. The fourth-order valence-corrected chi connectivity index (χ4v) is 1.80.